The molecule has 0 radical (unpaired) electrons. The molecule has 0 aliphatic carbocycles. The van der Waals surface area contributed by atoms with E-state index in [0.717, 1.165) is 55.0 Å². The summed E-state index contributed by atoms with van der Waals surface area (Å²) in [5.41, 5.74) is 2.36. The van der Waals surface area contributed by atoms with Gasteiger partial charge >= 0.3 is 6.09 Å². The smallest absolute Gasteiger partial charge is 0.409 e. The van der Waals surface area contributed by atoms with Crippen LogP contribution in [-0.4, -0.2) is 112 Å². The van der Waals surface area contributed by atoms with Crippen molar-refractivity contribution in [2.24, 2.45) is 0 Å². The number of amides is 2. The highest BCUT2D eigenvalue weighted by Gasteiger charge is 2.31. The highest BCUT2D eigenvalue weighted by molar-refractivity contribution is 7.89. The zero-order valence-corrected chi connectivity index (χ0v) is 25.7. The van der Waals surface area contributed by atoms with Gasteiger partial charge in [0.25, 0.3) is 5.91 Å². The van der Waals surface area contributed by atoms with Crippen molar-refractivity contribution in [3.63, 3.8) is 0 Å². The summed E-state index contributed by atoms with van der Waals surface area (Å²) in [6, 6.07) is 12.1. The van der Waals surface area contributed by atoms with Crippen molar-refractivity contribution in [2.75, 3.05) is 77.1 Å². The monoisotopic (exact) mass is 615 g/mol. The van der Waals surface area contributed by atoms with Crippen LogP contribution in [0.5, 0.6) is 0 Å². The molecule has 0 bridgehead atoms. The number of carbonyl (C=O) groups excluding carboxylic acids is 2. The Morgan fingerprint density at radius 3 is 2.43 bits per heavy atom. The predicted molar refractivity (Wildman–Crippen MR) is 162 cm³/mol. The molecule has 2 aromatic carbocycles. The zero-order chi connectivity index (χ0) is 29.7. The topological polar surface area (TPSA) is 113 Å². The summed E-state index contributed by atoms with van der Waals surface area (Å²) >= 11 is 1.48. The summed E-state index contributed by atoms with van der Waals surface area (Å²) in [4.78, 5) is 36.2. The lowest BCUT2D eigenvalue weighted by atomic mass is 10.2. The molecule has 11 nitrogen and oxygen atoms in total. The molecule has 0 spiro atoms. The zero-order valence-electron chi connectivity index (χ0n) is 24.0. The minimum Gasteiger partial charge on any atom is -0.450 e. The van der Waals surface area contributed by atoms with E-state index >= 15 is 0 Å². The summed E-state index contributed by atoms with van der Waals surface area (Å²) in [6.07, 6.45) is 0.334. The van der Waals surface area contributed by atoms with Crippen LogP contribution < -0.4 is 4.90 Å². The molecule has 2 fully saturated rings. The van der Waals surface area contributed by atoms with Crippen LogP contribution in [0.3, 0.4) is 0 Å². The van der Waals surface area contributed by atoms with Crippen LogP contribution in [-0.2, 0) is 19.5 Å². The number of ether oxygens (including phenoxy) is 2. The number of anilines is 1. The molecule has 0 saturated carbocycles. The van der Waals surface area contributed by atoms with E-state index in [2.05, 4.69) is 11.0 Å². The fraction of sp³-hybridized carbons (Fsp3) is 0.483. The summed E-state index contributed by atoms with van der Waals surface area (Å²) in [5.74, 6) is -0.222. The van der Waals surface area contributed by atoms with Crippen LogP contribution in [0.4, 0.5) is 9.93 Å². The number of fused-ring (bicyclic) bond motifs is 1. The van der Waals surface area contributed by atoms with Gasteiger partial charge in [-0.3, -0.25) is 14.6 Å². The molecule has 3 aromatic rings. The van der Waals surface area contributed by atoms with Crippen molar-refractivity contribution in [2.45, 2.75) is 25.2 Å². The lowest BCUT2D eigenvalue weighted by molar-refractivity contribution is 0.0376. The molecule has 2 amide bonds. The van der Waals surface area contributed by atoms with Crippen LogP contribution in [0.1, 0.15) is 29.3 Å². The van der Waals surface area contributed by atoms with E-state index in [-0.39, 0.29) is 43.6 Å². The fourth-order valence-electron chi connectivity index (χ4n) is 5.10. The van der Waals surface area contributed by atoms with Crippen molar-refractivity contribution in [1.29, 1.82) is 0 Å². The van der Waals surface area contributed by atoms with Crippen LogP contribution in [0.15, 0.2) is 47.4 Å². The number of aromatic nitrogens is 1. The molecule has 226 valence electrons. The van der Waals surface area contributed by atoms with E-state index in [9.17, 15) is 18.0 Å². The Bertz CT molecular complexity index is 1500. The first kappa shape index (κ1) is 30.4. The summed E-state index contributed by atoms with van der Waals surface area (Å²) in [6.45, 7) is 9.43. The second kappa shape index (κ2) is 13.5. The average molecular weight is 616 g/mol. The Hall–Kier alpha value is -3.10. The van der Waals surface area contributed by atoms with Crippen LogP contribution >= 0.6 is 11.3 Å². The number of benzene rings is 2. The van der Waals surface area contributed by atoms with Gasteiger partial charge in [-0.25, -0.2) is 18.2 Å². The van der Waals surface area contributed by atoms with Crippen molar-refractivity contribution in [3.05, 3.63) is 53.6 Å². The first-order chi connectivity index (χ1) is 20.3. The van der Waals surface area contributed by atoms with E-state index in [1.54, 1.807) is 24.0 Å². The minimum absolute atomic E-state index is 0.109. The maximum Gasteiger partial charge on any atom is 0.409 e. The second-order valence-corrected chi connectivity index (χ2v) is 13.3. The minimum atomic E-state index is -3.78. The normalized spacial score (nSPS) is 17.0. The SMILES string of the molecule is CCOC(=O)N1CCN(S(=O)(=O)c2ccc(C(=O)N(CCCN3CCOCC3)c3nc4ccc(C)cc4s3)cc2)CC1. The average Bonchev–Trinajstić information content (AvgIpc) is 3.42. The van der Waals surface area contributed by atoms with Gasteiger partial charge in [-0.05, 0) is 62.2 Å². The molecule has 0 unspecified atom stereocenters. The lowest BCUT2D eigenvalue weighted by Crippen LogP contribution is -2.50. The van der Waals surface area contributed by atoms with Crippen LogP contribution in [0.2, 0.25) is 0 Å². The van der Waals surface area contributed by atoms with Crippen molar-refractivity contribution >= 4 is 48.7 Å². The maximum atomic E-state index is 13.8. The Morgan fingerprint density at radius 2 is 1.74 bits per heavy atom. The largest absolute Gasteiger partial charge is 0.450 e. The molecule has 2 saturated heterocycles. The van der Waals surface area contributed by atoms with E-state index < -0.39 is 16.1 Å². The number of thiazole rings is 1. The molecule has 1 aromatic heterocycles. The number of nitrogens with zero attached hydrogens (tertiary/aromatic N) is 5. The van der Waals surface area contributed by atoms with Gasteiger partial charge in [0, 0.05) is 57.9 Å². The highest BCUT2D eigenvalue weighted by Crippen LogP contribution is 2.31. The number of morpholine rings is 1. The Morgan fingerprint density at radius 1 is 1.02 bits per heavy atom. The van der Waals surface area contributed by atoms with E-state index in [4.69, 9.17) is 14.5 Å². The van der Waals surface area contributed by atoms with Gasteiger partial charge in [0.2, 0.25) is 10.0 Å². The van der Waals surface area contributed by atoms with Gasteiger partial charge in [-0.15, -0.1) is 0 Å². The number of hydrogen-bond donors (Lipinski definition) is 0. The molecule has 2 aliphatic rings. The van der Waals surface area contributed by atoms with Gasteiger partial charge in [0.05, 0.1) is 34.9 Å². The fourth-order valence-corrected chi connectivity index (χ4v) is 7.61. The predicted octanol–water partition coefficient (Wildman–Crippen LogP) is 3.44. The molecule has 13 heteroatoms. The number of piperazine rings is 1. The first-order valence-electron chi connectivity index (χ1n) is 14.3. The number of aryl methyl sites for hydroxylation is 1. The van der Waals surface area contributed by atoms with E-state index in [1.165, 1.54) is 32.7 Å². The molecule has 2 aliphatic heterocycles. The molecule has 42 heavy (non-hydrogen) atoms. The third-order valence-electron chi connectivity index (χ3n) is 7.47. The third-order valence-corrected chi connectivity index (χ3v) is 10.4. The summed E-state index contributed by atoms with van der Waals surface area (Å²) in [5, 5.41) is 0.624. The van der Waals surface area contributed by atoms with Crippen molar-refractivity contribution in [1.82, 2.24) is 19.1 Å². The maximum absolute atomic E-state index is 13.8. The van der Waals surface area contributed by atoms with E-state index in [1.807, 2.05) is 19.1 Å². The molecule has 0 N–H and O–H groups in total. The van der Waals surface area contributed by atoms with Crippen molar-refractivity contribution in [3.8, 4) is 0 Å². The Kier molecular flexibility index (Phi) is 9.74. The summed E-state index contributed by atoms with van der Waals surface area (Å²) < 4.78 is 39.5. The standard InChI is InChI=1S/C29H37N5O6S2/c1-3-40-29(36)32-13-15-33(16-14-32)42(37,38)24-8-6-23(7-9-24)27(35)34(12-4-11-31-17-19-39-20-18-31)28-30-25-10-5-22(2)21-26(25)41-28/h5-10,21H,3-4,11-20H2,1-2H3. The third kappa shape index (κ3) is 6.92. The van der Waals surface area contributed by atoms with Gasteiger partial charge in [-0.2, -0.15) is 4.31 Å². The Labute approximate surface area is 250 Å². The Balaban J connectivity index is 1.31. The molecule has 0 atom stereocenters. The molecular formula is C29H37N5O6S2. The van der Waals surface area contributed by atoms with Crippen LogP contribution in [0, 0.1) is 6.92 Å². The second-order valence-electron chi connectivity index (χ2n) is 10.3. The molecule has 3 heterocycles. The van der Waals surface area contributed by atoms with Gasteiger partial charge in [0.1, 0.15) is 0 Å². The molecular weight excluding hydrogens is 578 g/mol. The number of sulfonamides is 1. The van der Waals surface area contributed by atoms with Crippen molar-refractivity contribution < 1.29 is 27.5 Å². The number of rotatable bonds is 9. The first-order valence-corrected chi connectivity index (χ1v) is 16.5. The van der Waals surface area contributed by atoms with Gasteiger partial charge in [0.15, 0.2) is 5.13 Å². The molecule has 5 rings (SSSR count). The highest BCUT2D eigenvalue weighted by atomic mass is 32.2. The van der Waals surface area contributed by atoms with Gasteiger partial charge < -0.3 is 14.4 Å². The summed E-state index contributed by atoms with van der Waals surface area (Å²) in [7, 11) is -3.78. The van der Waals surface area contributed by atoms with Crippen LogP contribution in [0.25, 0.3) is 10.2 Å². The number of carbonyl (C=O) groups is 2. The lowest BCUT2D eigenvalue weighted by Gasteiger charge is -2.33. The number of hydrogen-bond acceptors (Lipinski definition) is 9. The van der Waals surface area contributed by atoms with Gasteiger partial charge in [-0.1, -0.05) is 17.4 Å². The van der Waals surface area contributed by atoms with E-state index in [0.29, 0.717) is 17.2 Å². The quantitative estimate of drug-likeness (QED) is 0.360.